The van der Waals surface area contributed by atoms with Crippen molar-refractivity contribution in [3.8, 4) is 0 Å². The van der Waals surface area contributed by atoms with Crippen LogP contribution < -0.4 is 0 Å². The number of aliphatic hydroxyl groups excluding tert-OH is 1. The maximum absolute atomic E-state index is 8.50. The molecule has 0 aliphatic rings. The van der Waals surface area contributed by atoms with Gasteiger partial charge in [-0.25, -0.2) is 9.97 Å². The Morgan fingerprint density at radius 2 is 1.78 bits per heavy atom. The van der Waals surface area contributed by atoms with Crippen LogP contribution in [0.25, 0.3) is 0 Å². The van der Waals surface area contributed by atoms with E-state index in [0.29, 0.717) is 5.56 Å². The summed E-state index contributed by atoms with van der Waals surface area (Å²) in [4.78, 5) is 7.15. The second-order valence-electron chi connectivity index (χ2n) is 1.55. The minimum Gasteiger partial charge on any atom is -0.364 e. The molecule has 1 aromatic heterocycles. The molecule has 1 aromatic rings. The minimum absolute atomic E-state index is 0.303. The number of aromatic nitrogens is 2. The molecule has 1 rings (SSSR count). The predicted molar refractivity (Wildman–Crippen MR) is 29.2 cm³/mol. The first-order valence-corrected chi connectivity index (χ1v) is 2.42. The Morgan fingerprint density at radius 3 is 2.11 bits per heavy atom. The summed E-state index contributed by atoms with van der Waals surface area (Å²) in [7, 11) is 0. The zero-order chi connectivity index (χ0) is 6.69. The van der Waals surface area contributed by atoms with Crippen molar-refractivity contribution in [3.05, 3.63) is 24.3 Å². The minimum atomic E-state index is -1.47. The lowest BCUT2D eigenvalue weighted by molar-refractivity contribution is -0.0429. The van der Waals surface area contributed by atoms with Crippen LogP contribution in [0, 0.1) is 0 Å². The first-order chi connectivity index (χ1) is 4.30. The Bertz CT molecular complexity index is 176. The van der Waals surface area contributed by atoms with Gasteiger partial charge in [-0.2, -0.15) is 0 Å². The summed E-state index contributed by atoms with van der Waals surface area (Å²) >= 11 is 0. The molecule has 4 heteroatoms. The van der Waals surface area contributed by atoms with Crippen LogP contribution in [0.2, 0.25) is 0 Å². The first kappa shape index (κ1) is 6.12. The number of nitrogens with zero attached hydrogens (tertiary/aromatic N) is 2. The van der Waals surface area contributed by atoms with Crippen molar-refractivity contribution in [1.29, 1.82) is 0 Å². The Kier molecular flexibility index (Phi) is 1.72. The molecule has 0 fully saturated rings. The number of aliphatic hydroxyl groups is 2. The zero-order valence-electron chi connectivity index (χ0n) is 4.60. The van der Waals surface area contributed by atoms with Gasteiger partial charge in [0, 0.05) is 18.0 Å². The van der Waals surface area contributed by atoms with Gasteiger partial charge in [0.05, 0.1) is 0 Å². The monoisotopic (exact) mass is 126 g/mol. The van der Waals surface area contributed by atoms with Crippen molar-refractivity contribution in [2.45, 2.75) is 6.29 Å². The van der Waals surface area contributed by atoms with Gasteiger partial charge in [0.25, 0.3) is 0 Å². The van der Waals surface area contributed by atoms with Gasteiger partial charge in [-0.1, -0.05) is 0 Å². The van der Waals surface area contributed by atoms with Crippen LogP contribution in [0.15, 0.2) is 18.7 Å². The molecule has 0 unspecified atom stereocenters. The van der Waals surface area contributed by atoms with Gasteiger partial charge in [0.1, 0.15) is 6.33 Å². The fourth-order valence-electron chi connectivity index (χ4n) is 0.444. The summed E-state index contributed by atoms with van der Waals surface area (Å²) < 4.78 is 0. The summed E-state index contributed by atoms with van der Waals surface area (Å²) in [5.41, 5.74) is 0.303. The molecule has 0 aliphatic carbocycles. The van der Waals surface area contributed by atoms with Crippen LogP contribution in [-0.2, 0) is 0 Å². The molecule has 1 heterocycles. The lowest BCUT2D eigenvalue weighted by Crippen LogP contribution is -1.95. The van der Waals surface area contributed by atoms with Crippen LogP contribution >= 0.6 is 0 Å². The van der Waals surface area contributed by atoms with E-state index in [4.69, 9.17) is 10.2 Å². The summed E-state index contributed by atoms with van der Waals surface area (Å²) in [6, 6.07) is 0. The van der Waals surface area contributed by atoms with Crippen LogP contribution in [0.4, 0.5) is 0 Å². The fraction of sp³-hybridized carbons (Fsp3) is 0.200. The summed E-state index contributed by atoms with van der Waals surface area (Å²) in [5.74, 6) is 0. The van der Waals surface area contributed by atoms with E-state index in [1.165, 1.54) is 18.7 Å². The Hall–Kier alpha value is -1.00. The van der Waals surface area contributed by atoms with E-state index >= 15 is 0 Å². The molecule has 9 heavy (non-hydrogen) atoms. The third-order valence-electron chi connectivity index (χ3n) is 0.879. The highest BCUT2D eigenvalue weighted by Crippen LogP contribution is 2.02. The maximum atomic E-state index is 8.50. The van der Waals surface area contributed by atoms with E-state index in [-0.39, 0.29) is 0 Å². The average Bonchev–Trinajstić information content (AvgIpc) is 1.90. The highest BCUT2D eigenvalue weighted by molar-refractivity contribution is 5.02. The molecule has 0 spiro atoms. The summed E-state index contributed by atoms with van der Waals surface area (Å²) in [6.07, 6.45) is 2.55. The molecule has 0 radical (unpaired) electrons. The van der Waals surface area contributed by atoms with Gasteiger partial charge in [0.15, 0.2) is 6.29 Å². The van der Waals surface area contributed by atoms with Gasteiger partial charge in [-0.05, 0) is 0 Å². The third kappa shape index (κ3) is 1.45. The van der Waals surface area contributed by atoms with E-state index in [0.717, 1.165) is 0 Å². The molecule has 4 nitrogen and oxygen atoms in total. The maximum Gasteiger partial charge on any atom is 0.181 e. The van der Waals surface area contributed by atoms with E-state index < -0.39 is 6.29 Å². The smallest absolute Gasteiger partial charge is 0.181 e. The third-order valence-corrected chi connectivity index (χ3v) is 0.879. The van der Waals surface area contributed by atoms with Crippen molar-refractivity contribution in [3.63, 3.8) is 0 Å². The topological polar surface area (TPSA) is 66.2 Å². The molecule has 48 valence electrons. The van der Waals surface area contributed by atoms with Crippen LogP contribution in [0.5, 0.6) is 0 Å². The largest absolute Gasteiger partial charge is 0.364 e. The zero-order valence-corrected chi connectivity index (χ0v) is 4.60. The molecule has 0 atom stereocenters. The van der Waals surface area contributed by atoms with Gasteiger partial charge in [-0.15, -0.1) is 0 Å². The quantitative estimate of drug-likeness (QED) is 0.496. The highest BCUT2D eigenvalue weighted by atomic mass is 16.5. The molecule has 0 aliphatic heterocycles. The average molecular weight is 126 g/mol. The van der Waals surface area contributed by atoms with Crippen LogP contribution in [0.3, 0.4) is 0 Å². The number of hydrogen-bond donors (Lipinski definition) is 2. The van der Waals surface area contributed by atoms with E-state index in [1.807, 2.05) is 0 Å². The standard InChI is InChI=1S/C5H6N2O2/c8-5(9)4-1-6-3-7-2-4/h1-3,5,8-9H. The molecular formula is C5H6N2O2. The Balaban J connectivity index is 2.85. The van der Waals surface area contributed by atoms with Gasteiger partial charge in [-0.3, -0.25) is 0 Å². The number of rotatable bonds is 1. The molecule has 0 aromatic carbocycles. The van der Waals surface area contributed by atoms with E-state index in [2.05, 4.69) is 9.97 Å². The lowest BCUT2D eigenvalue weighted by Gasteiger charge is -1.98. The van der Waals surface area contributed by atoms with Crippen molar-refractivity contribution >= 4 is 0 Å². The molecule has 0 amide bonds. The normalized spacial score (nSPS) is 10.1. The van der Waals surface area contributed by atoms with Gasteiger partial charge < -0.3 is 10.2 Å². The molecule has 2 N–H and O–H groups in total. The van der Waals surface area contributed by atoms with Crippen molar-refractivity contribution < 1.29 is 10.2 Å². The second-order valence-corrected chi connectivity index (χ2v) is 1.55. The highest BCUT2D eigenvalue weighted by Gasteiger charge is 1.99. The summed E-state index contributed by atoms with van der Waals surface area (Å²) in [6.45, 7) is 0. The lowest BCUT2D eigenvalue weighted by atomic mass is 10.3. The molecule has 0 saturated heterocycles. The SMILES string of the molecule is OC(O)c1cncnc1. The summed E-state index contributed by atoms with van der Waals surface area (Å²) in [5, 5.41) is 17.0. The fourth-order valence-corrected chi connectivity index (χ4v) is 0.444. The van der Waals surface area contributed by atoms with E-state index in [1.54, 1.807) is 0 Å². The van der Waals surface area contributed by atoms with Crippen LogP contribution in [-0.4, -0.2) is 20.2 Å². The van der Waals surface area contributed by atoms with Crippen molar-refractivity contribution in [2.75, 3.05) is 0 Å². The molecule has 0 bridgehead atoms. The van der Waals surface area contributed by atoms with Gasteiger partial charge in [0.2, 0.25) is 0 Å². The van der Waals surface area contributed by atoms with Crippen molar-refractivity contribution in [2.24, 2.45) is 0 Å². The molecular weight excluding hydrogens is 120 g/mol. The predicted octanol–water partition coefficient (Wildman–Crippen LogP) is -0.540. The Morgan fingerprint density at radius 1 is 1.22 bits per heavy atom. The van der Waals surface area contributed by atoms with E-state index in [9.17, 15) is 0 Å². The number of hydrogen-bond acceptors (Lipinski definition) is 4. The van der Waals surface area contributed by atoms with Crippen molar-refractivity contribution in [1.82, 2.24) is 9.97 Å². The van der Waals surface area contributed by atoms with Gasteiger partial charge >= 0.3 is 0 Å². The Labute approximate surface area is 51.8 Å². The molecule has 0 saturated carbocycles. The second kappa shape index (κ2) is 2.52. The van der Waals surface area contributed by atoms with Crippen LogP contribution in [0.1, 0.15) is 11.9 Å². The first-order valence-electron chi connectivity index (χ1n) is 2.42.